The number of aliphatic hydroxyl groups is 1. The minimum atomic E-state index is 0.380. The molecular formula is C19H23NO. The second-order valence-corrected chi connectivity index (χ2v) is 4.96. The van der Waals surface area contributed by atoms with Crippen LogP contribution < -0.4 is 4.90 Å². The highest BCUT2D eigenvalue weighted by Crippen LogP contribution is 2.34. The highest BCUT2D eigenvalue weighted by Gasteiger charge is 2.23. The third kappa shape index (κ3) is 2.80. The predicted octanol–water partition coefficient (Wildman–Crippen LogP) is 5.29. The summed E-state index contributed by atoms with van der Waals surface area (Å²) < 4.78 is 0. The molecule has 1 N–H and O–H groups in total. The van der Waals surface area contributed by atoms with Crippen molar-refractivity contribution in [3.63, 3.8) is 0 Å². The fraction of sp³-hybridized carbons (Fsp3) is 0.263. The van der Waals surface area contributed by atoms with E-state index >= 15 is 0 Å². The summed E-state index contributed by atoms with van der Waals surface area (Å²) in [5, 5.41) is 10.4. The molecule has 0 aliphatic carbocycles. The summed E-state index contributed by atoms with van der Waals surface area (Å²) in [6.07, 6.45) is 0. The Hall–Kier alpha value is -2.22. The highest BCUT2D eigenvalue weighted by atomic mass is 16.3. The minimum Gasteiger partial charge on any atom is -0.505 e. The lowest BCUT2D eigenvalue weighted by molar-refractivity contribution is 0.498. The molecule has 2 heteroatoms. The molecule has 0 unspecified atom stereocenters. The van der Waals surface area contributed by atoms with E-state index in [2.05, 4.69) is 30.0 Å². The molecule has 0 fully saturated rings. The molecule has 3 rings (SSSR count). The molecule has 2 aromatic rings. The second-order valence-electron chi connectivity index (χ2n) is 4.96. The Labute approximate surface area is 127 Å². The van der Waals surface area contributed by atoms with Crippen molar-refractivity contribution >= 4 is 11.4 Å². The van der Waals surface area contributed by atoms with Crippen LogP contribution in [-0.4, -0.2) is 5.11 Å². The first kappa shape index (κ1) is 15.2. The third-order valence-corrected chi connectivity index (χ3v) is 3.75. The number of hydrogen-bond donors (Lipinski definition) is 1. The minimum absolute atomic E-state index is 0.380. The standard InChI is InChI=1S/C17H17NO.C2H6/c1-12-7-3-6-10-16(12)18-11-14-8-4-5-9-15(14)17(19)13(18)2;1-2/h3-10,19H,11H2,1-2H3;1-2H3. The highest BCUT2D eigenvalue weighted by molar-refractivity contribution is 5.74. The first-order chi connectivity index (χ1) is 10.2. The molecule has 0 radical (unpaired) electrons. The van der Waals surface area contributed by atoms with Gasteiger partial charge in [-0.2, -0.15) is 0 Å². The average Bonchev–Trinajstić information content (AvgIpc) is 2.54. The molecule has 1 aliphatic rings. The second kappa shape index (κ2) is 6.49. The van der Waals surface area contributed by atoms with Crippen molar-refractivity contribution in [1.82, 2.24) is 0 Å². The van der Waals surface area contributed by atoms with Gasteiger partial charge in [0.15, 0.2) is 0 Å². The third-order valence-electron chi connectivity index (χ3n) is 3.75. The number of fused-ring (bicyclic) bond motifs is 1. The van der Waals surface area contributed by atoms with Crippen molar-refractivity contribution in [3.05, 3.63) is 70.9 Å². The molecule has 110 valence electrons. The predicted molar refractivity (Wildman–Crippen MR) is 90.4 cm³/mol. The summed E-state index contributed by atoms with van der Waals surface area (Å²) in [5.41, 5.74) is 5.39. The Morgan fingerprint density at radius 2 is 1.52 bits per heavy atom. The lowest BCUT2D eigenvalue weighted by Crippen LogP contribution is -2.26. The van der Waals surface area contributed by atoms with E-state index in [1.165, 1.54) is 5.56 Å². The zero-order valence-electron chi connectivity index (χ0n) is 13.2. The molecule has 2 nitrogen and oxygen atoms in total. The van der Waals surface area contributed by atoms with Crippen molar-refractivity contribution in [2.75, 3.05) is 4.90 Å². The Kier molecular flexibility index (Phi) is 4.69. The molecule has 0 spiro atoms. The SMILES string of the molecule is CC.CC1=C(O)c2ccccc2CN1c1ccccc1C. The van der Waals surface area contributed by atoms with Crippen LogP contribution in [0.2, 0.25) is 0 Å². The van der Waals surface area contributed by atoms with Gasteiger partial charge in [0.1, 0.15) is 5.76 Å². The number of aryl methyl sites for hydroxylation is 1. The summed E-state index contributed by atoms with van der Waals surface area (Å²) in [7, 11) is 0. The molecule has 0 bridgehead atoms. The number of para-hydroxylation sites is 1. The molecule has 1 aliphatic heterocycles. The normalized spacial score (nSPS) is 13.4. The lowest BCUT2D eigenvalue weighted by atomic mass is 9.99. The zero-order chi connectivity index (χ0) is 15.4. The molecule has 21 heavy (non-hydrogen) atoms. The van der Waals surface area contributed by atoms with Crippen LogP contribution >= 0.6 is 0 Å². The van der Waals surface area contributed by atoms with E-state index in [1.54, 1.807) is 0 Å². The molecule has 0 amide bonds. The van der Waals surface area contributed by atoms with Crippen LogP contribution in [0, 0.1) is 6.92 Å². The van der Waals surface area contributed by atoms with E-state index in [1.807, 2.05) is 51.1 Å². The number of allylic oxidation sites excluding steroid dienone is 1. The Bertz CT molecular complexity index is 658. The topological polar surface area (TPSA) is 23.5 Å². The fourth-order valence-corrected chi connectivity index (χ4v) is 2.63. The maximum absolute atomic E-state index is 10.4. The van der Waals surface area contributed by atoms with Crippen LogP contribution in [-0.2, 0) is 6.54 Å². The van der Waals surface area contributed by atoms with E-state index in [4.69, 9.17) is 0 Å². The number of rotatable bonds is 1. The van der Waals surface area contributed by atoms with Crippen LogP contribution in [0.4, 0.5) is 5.69 Å². The van der Waals surface area contributed by atoms with Gasteiger partial charge in [-0.1, -0.05) is 56.3 Å². The summed E-state index contributed by atoms with van der Waals surface area (Å²) in [6, 6.07) is 16.3. The maximum atomic E-state index is 10.4. The maximum Gasteiger partial charge on any atom is 0.142 e. The zero-order valence-corrected chi connectivity index (χ0v) is 13.2. The van der Waals surface area contributed by atoms with Crippen LogP contribution in [0.3, 0.4) is 0 Å². The Morgan fingerprint density at radius 1 is 0.905 bits per heavy atom. The fourth-order valence-electron chi connectivity index (χ4n) is 2.63. The molecule has 1 heterocycles. The van der Waals surface area contributed by atoms with Gasteiger partial charge in [0, 0.05) is 17.8 Å². The molecule has 2 aromatic carbocycles. The lowest BCUT2D eigenvalue weighted by Gasteiger charge is -2.32. The molecular weight excluding hydrogens is 258 g/mol. The smallest absolute Gasteiger partial charge is 0.142 e. The van der Waals surface area contributed by atoms with Crippen LogP contribution in [0.5, 0.6) is 0 Å². The summed E-state index contributed by atoms with van der Waals surface area (Å²) in [5.74, 6) is 0.380. The Morgan fingerprint density at radius 3 is 2.24 bits per heavy atom. The summed E-state index contributed by atoms with van der Waals surface area (Å²) in [6.45, 7) is 8.87. The molecule has 0 saturated heterocycles. The molecule has 0 aromatic heterocycles. The van der Waals surface area contributed by atoms with Crippen molar-refractivity contribution in [1.29, 1.82) is 0 Å². The molecule has 0 atom stereocenters. The van der Waals surface area contributed by atoms with Crippen molar-refractivity contribution < 1.29 is 5.11 Å². The summed E-state index contributed by atoms with van der Waals surface area (Å²) >= 11 is 0. The van der Waals surface area contributed by atoms with E-state index in [9.17, 15) is 5.11 Å². The van der Waals surface area contributed by atoms with E-state index < -0.39 is 0 Å². The van der Waals surface area contributed by atoms with Gasteiger partial charge in [0.2, 0.25) is 0 Å². The van der Waals surface area contributed by atoms with Gasteiger partial charge >= 0.3 is 0 Å². The van der Waals surface area contributed by atoms with Crippen LogP contribution in [0.25, 0.3) is 5.76 Å². The molecule has 0 saturated carbocycles. The average molecular weight is 281 g/mol. The number of benzene rings is 2. The van der Waals surface area contributed by atoms with E-state index in [0.717, 1.165) is 29.1 Å². The van der Waals surface area contributed by atoms with E-state index in [-0.39, 0.29) is 0 Å². The Balaban J connectivity index is 0.000000774. The number of nitrogens with zero attached hydrogens (tertiary/aromatic N) is 1. The van der Waals surface area contributed by atoms with Crippen LogP contribution in [0.1, 0.15) is 37.5 Å². The first-order valence-corrected chi connectivity index (χ1v) is 7.50. The van der Waals surface area contributed by atoms with Crippen molar-refractivity contribution in [2.45, 2.75) is 34.2 Å². The van der Waals surface area contributed by atoms with Crippen molar-refractivity contribution in [2.24, 2.45) is 0 Å². The van der Waals surface area contributed by atoms with Gasteiger partial charge in [-0.3, -0.25) is 0 Å². The van der Waals surface area contributed by atoms with Gasteiger partial charge in [0.25, 0.3) is 0 Å². The van der Waals surface area contributed by atoms with Gasteiger partial charge in [0.05, 0.1) is 5.70 Å². The van der Waals surface area contributed by atoms with Gasteiger partial charge < -0.3 is 10.0 Å². The largest absolute Gasteiger partial charge is 0.505 e. The number of anilines is 1. The first-order valence-electron chi connectivity index (χ1n) is 7.50. The summed E-state index contributed by atoms with van der Waals surface area (Å²) in [4.78, 5) is 2.17. The van der Waals surface area contributed by atoms with Crippen LogP contribution in [0.15, 0.2) is 54.2 Å². The van der Waals surface area contributed by atoms with Gasteiger partial charge in [-0.05, 0) is 31.0 Å². The van der Waals surface area contributed by atoms with Gasteiger partial charge in [-0.25, -0.2) is 0 Å². The van der Waals surface area contributed by atoms with E-state index in [0.29, 0.717) is 5.76 Å². The number of hydrogen-bond acceptors (Lipinski definition) is 2. The quantitative estimate of drug-likeness (QED) is 0.768. The van der Waals surface area contributed by atoms with Crippen molar-refractivity contribution in [3.8, 4) is 0 Å². The monoisotopic (exact) mass is 281 g/mol. The number of aliphatic hydroxyl groups excluding tert-OH is 1. The van der Waals surface area contributed by atoms with Gasteiger partial charge in [-0.15, -0.1) is 0 Å².